The number of benzene rings is 1. The Hall–Kier alpha value is -2.89. The van der Waals surface area contributed by atoms with Gasteiger partial charge in [0.25, 0.3) is 5.91 Å². The van der Waals surface area contributed by atoms with Crippen molar-refractivity contribution < 1.29 is 9.21 Å². The zero-order valence-corrected chi connectivity index (χ0v) is 10.8. The highest BCUT2D eigenvalue weighted by Crippen LogP contribution is 2.22. The average Bonchev–Trinajstić information content (AvgIpc) is 3.10. The number of aromatic nitrogens is 3. The molecule has 0 atom stereocenters. The number of carbonyl (C=O) groups excluding carboxylic acids is 1. The van der Waals surface area contributed by atoms with Gasteiger partial charge in [-0.25, -0.2) is 4.98 Å². The monoisotopic (exact) mass is 268 g/mol. The topological polar surface area (TPSA) is 73.0 Å². The number of nitrogens with zero attached hydrogens (tertiary/aromatic N) is 3. The summed E-state index contributed by atoms with van der Waals surface area (Å²) >= 11 is 0. The lowest BCUT2D eigenvalue weighted by Crippen LogP contribution is -2.11. The van der Waals surface area contributed by atoms with Crippen molar-refractivity contribution in [2.24, 2.45) is 7.05 Å². The molecule has 0 spiro atoms. The summed E-state index contributed by atoms with van der Waals surface area (Å²) in [6.45, 7) is 0. The van der Waals surface area contributed by atoms with Crippen LogP contribution in [0.2, 0.25) is 0 Å². The summed E-state index contributed by atoms with van der Waals surface area (Å²) < 4.78 is 6.81. The molecule has 6 nitrogen and oxygen atoms in total. The second-order valence-electron chi connectivity index (χ2n) is 4.30. The summed E-state index contributed by atoms with van der Waals surface area (Å²) in [7, 11) is 1.77. The Labute approximate surface area is 115 Å². The van der Waals surface area contributed by atoms with Crippen molar-refractivity contribution in [1.29, 1.82) is 0 Å². The van der Waals surface area contributed by atoms with Gasteiger partial charge in [-0.05, 0) is 12.1 Å². The number of oxazole rings is 1. The van der Waals surface area contributed by atoms with Crippen LogP contribution in [0.25, 0.3) is 11.3 Å². The van der Waals surface area contributed by atoms with E-state index in [1.807, 2.05) is 24.3 Å². The van der Waals surface area contributed by atoms with E-state index in [4.69, 9.17) is 4.42 Å². The van der Waals surface area contributed by atoms with Crippen molar-refractivity contribution in [3.05, 3.63) is 54.8 Å². The molecule has 0 saturated heterocycles. The predicted molar refractivity (Wildman–Crippen MR) is 73.1 cm³/mol. The number of anilines is 1. The molecule has 0 aliphatic rings. The van der Waals surface area contributed by atoms with Crippen molar-refractivity contribution in [2.45, 2.75) is 0 Å². The van der Waals surface area contributed by atoms with Crippen LogP contribution in [-0.4, -0.2) is 20.7 Å². The molecule has 100 valence electrons. The Bertz CT molecular complexity index is 731. The van der Waals surface area contributed by atoms with Gasteiger partial charge >= 0.3 is 0 Å². The van der Waals surface area contributed by atoms with E-state index in [2.05, 4.69) is 15.4 Å². The zero-order chi connectivity index (χ0) is 13.9. The normalized spacial score (nSPS) is 10.4. The molecule has 3 aromatic rings. The number of nitrogens with one attached hydrogen (secondary N) is 1. The molecule has 0 unspecified atom stereocenters. The molecular weight excluding hydrogens is 256 g/mol. The molecule has 1 aromatic carbocycles. The molecule has 0 aliphatic carbocycles. The van der Waals surface area contributed by atoms with E-state index >= 15 is 0 Å². The van der Waals surface area contributed by atoms with Crippen LogP contribution in [0.1, 0.15) is 10.4 Å². The molecule has 2 aromatic heterocycles. The van der Waals surface area contributed by atoms with Crippen molar-refractivity contribution in [1.82, 2.24) is 14.8 Å². The van der Waals surface area contributed by atoms with E-state index in [-0.39, 0.29) is 5.91 Å². The van der Waals surface area contributed by atoms with Crippen LogP contribution in [0, 0.1) is 0 Å². The molecule has 0 radical (unpaired) electrons. The first-order valence-corrected chi connectivity index (χ1v) is 6.01. The quantitative estimate of drug-likeness (QED) is 0.791. The van der Waals surface area contributed by atoms with E-state index in [9.17, 15) is 4.79 Å². The maximum absolute atomic E-state index is 12.0. The molecule has 0 aliphatic heterocycles. The minimum atomic E-state index is -0.201. The van der Waals surface area contributed by atoms with Crippen LogP contribution in [0.5, 0.6) is 0 Å². The largest absolute Gasteiger partial charge is 0.444 e. The Morgan fingerprint density at radius 1 is 1.35 bits per heavy atom. The van der Waals surface area contributed by atoms with Gasteiger partial charge in [-0.15, -0.1) is 0 Å². The fourth-order valence-corrected chi connectivity index (χ4v) is 1.85. The molecule has 20 heavy (non-hydrogen) atoms. The summed E-state index contributed by atoms with van der Waals surface area (Å²) in [5.41, 5.74) is 2.05. The van der Waals surface area contributed by atoms with Gasteiger partial charge in [0, 0.05) is 24.5 Å². The fourth-order valence-electron chi connectivity index (χ4n) is 1.85. The molecule has 0 fully saturated rings. The maximum Gasteiger partial charge on any atom is 0.258 e. The summed E-state index contributed by atoms with van der Waals surface area (Å²) in [4.78, 5) is 15.9. The Kier molecular flexibility index (Phi) is 3.04. The number of amides is 1. The molecule has 2 heterocycles. The zero-order valence-electron chi connectivity index (χ0n) is 10.8. The van der Waals surface area contributed by atoms with Gasteiger partial charge in [0.05, 0.1) is 18.0 Å². The highest BCUT2D eigenvalue weighted by Gasteiger charge is 2.09. The van der Waals surface area contributed by atoms with E-state index in [1.54, 1.807) is 24.1 Å². The lowest BCUT2D eigenvalue weighted by atomic mass is 10.1. The molecule has 1 N–H and O–H groups in total. The second-order valence-corrected chi connectivity index (χ2v) is 4.30. The summed E-state index contributed by atoms with van der Waals surface area (Å²) in [5, 5.41) is 6.79. The number of aryl methyl sites for hydroxylation is 1. The van der Waals surface area contributed by atoms with Crippen LogP contribution < -0.4 is 5.32 Å². The molecule has 0 saturated carbocycles. The SMILES string of the molecule is Cn1cc(C(=O)Nc2cccc(-c3cnco3)c2)cn1. The number of carbonyl (C=O) groups is 1. The molecule has 1 amide bonds. The Balaban J connectivity index is 1.81. The van der Waals surface area contributed by atoms with E-state index < -0.39 is 0 Å². The lowest BCUT2D eigenvalue weighted by molar-refractivity contribution is 0.102. The van der Waals surface area contributed by atoms with E-state index in [0.717, 1.165) is 5.56 Å². The van der Waals surface area contributed by atoms with Gasteiger partial charge in [0.1, 0.15) is 0 Å². The summed E-state index contributed by atoms with van der Waals surface area (Å²) in [6.07, 6.45) is 6.18. The van der Waals surface area contributed by atoms with Gasteiger partial charge < -0.3 is 9.73 Å². The summed E-state index contributed by atoms with van der Waals surface area (Å²) in [6, 6.07) is 7.37. The minimum absolute atomic E-state index is 0.201. The third kappa shape index (κ3) is 2.44. The third-order valence-corrected chi connectivity index (χ3v) is 2.80. The van der Waals surface area contributed by atoms with Crippen molar-refractivity contribution in [3.63, 3.8) is 0 Å². The molecule has 0 bridgehead atoms. The third-order valence-electron chi connectivity index (χ3n) is 2.80. The van der Waals surface area contributed by atoms with Crippen LogP contribution in [0.4, 0.5) is 5.69 Å². The molecule has 6 heteroatoms. The van der Waals surface area contributed by atoms with Crippen molar-refractivity contribution in [2.75, 3.05) is 5.32 Å². The standard InChI is InChI=1S/C14H12N4O2/c1-18-8-11(6-16-18)14(19)17-12-4-2-3-10(5-12)13-7-15-9-20-13/h2-9H,1H3,(H,17,19). The number of hydrogen-bond donors (Lipinski definition) is 1. The van der Waals surface area contributed by atoms with Crippen LogP contribution in [0.15, 0.2) is 53.7 Å². The first kappa shape index (κ1) is 12.2. The smallest absolute Gasteiger partial charge is 0.258 e. The van der Waals surface area contributed by atoms with Gasteiger partial charge in [-0.1, -0.05) is 12.1 Å². The predicted octanol–water partition coefficient (Wildman–Crippen LogP) is 2.33. The van der Waals surface area contributed by atoms with Crippen LogP contribution in [0.3, 0.4) is 0 Å². The second kappa shape index (κ2) is 5.00. The van der Waals surface area contributed by atoms with E-state index in [0.29, 0.717) is 17.0 Å². The average molecular weight is 268 g/mol. The Morgan fingerprint density at radius 3 is 2.95 bits per heavy atom. The minimum Gasteiger partial charge on any atom is -0.444 e. The van der Waals surface area contributed by atoms with Gasteiger partial charge in [0.15, 0.2) is 12.2 Å². The lowest BCUT2D eigenvalue weighted by Gasteiger charge is -2.04. The number of hydrogen-bond acceptors (Lipinski definition) is 4. The van der Waals surface area contributed by atoms with Crippen molar-refractivity contribution in [3.8, 4) is 11.3 Å². The Morgan fingerprint density at radius 2 is 2.25 bits per heavy atom. The highest BCUT2D eigenvalue weighted by atomic mass is 16.3. The van der Waals surface area contributed by atoms with Gasteiger partial charge in [-0.3, -0.25) is 9.48 Å². The summed E-state index contributed by atoms with van der Waals surface area (Å²) in [5.74, 6) is 0.454. The van der Waals surface area contributed by atoms with Crippen molar-refractivity contribution >= 4 is 11.6 Å². The van der Waals surface area contributed by atoms with E-state index in [1.165, 1.54) is 12.6 Å². The molecular formula is C14H12N4O2. The number of rotatable bonds is 3. The van der Waals surface area contributed by atoms with Gasteiger partial charge in [0.2, 0.25) is 0 Å². The van der Waals surface area contributed by atoms with Gasteiger partial charge in [-0.2, -0.15) is 5.10 Å². The maximum atomic E-state index is 12.0. The van der Waals surface area contributed by atoms with Crippen LogP contribution >= 0.6 is 0 Å². The molecule has 3 rings (SSSR count). The highest BCUT2D eigenvalue weighted by molar-refractivity contribution is 6.04. The fraction of sp³-hybridized carbons (Fsp3) is 0.0714. The van der Waals surface area contributed by atoms with Crippen LogP contribution in [-0.2, 0) is 7.05 Å². The first-order chi connectivity index (χ1) is 9.72. The first-order valence-electron chi connectivity index (χ1n) is 6.01.